The van der Waals surface area contributed by atoms with Gasteiger partial charge in [-0.25, -0.2) is 5.43 Å². The molecule has 0 bridgehead atoms. The van der Waals surface area contributed by atoms with Crippen molar-refractivity contribution in [3.05, 3.63) is 89.0 Å². The molecule has 31 heavy (non-hydrogen) atoms. The first-order valence-corrected chi connectivity index (χ1v) is 9.53. The quantitative estimate of drug-likeness (QED) is 0.449. The Morgan fingerprint density at radius 2 is 1.42 bits per heavy atom. The molecule has 3 rings (SSSR count). The van der Waals surface area contributed by atoms with E-state index in [0.29, 0.717) is 28.3 Å². The Morgan fingerprint density at radius 1 is 0.806 bits per heavy atom. The van der Waals surface area contributed by atoms with Gasteiger partial charge in [0.15, 0.2) is 11.5 Å². The number of nitrogens with zero attached hydrogens (tertiary/aromatic N) is 1. The minimum atomic E-state index is -0.367. The van der Waals surface area contributed by atoms with E-state index in [1.807, 2.05) is 19.1 Å². The molecule has 0 heterocycles. The second kappa shape index (κ2) is 10.1. The van der Waals surface area contributed by atoms with E-state index in [-0.39, 0.29) is 11.8 Å². The van der Waals surface area contributed by atoms with Crippen molar-refractivity contribution in [2.75, 3.05) is 19.5 Å². The number of aryl methyl sites for hydroxylation is 1. The van der Waals surface area contributed by atoms with Gasteiger partial charge in [0, 0.05) is 16.8 Å². The molecule has 7 nitrogen and oxygen atoms in total. The van der Waals surface area contributed by atoms with E-state index in [9.17, 15) is 9.59 Å². The highest BCUT2D eigenvalue weighted by Gasteiger charge is 2.08. The van der Waals surface area contributed by atoms with Gasteiger partial charge in [0.2, 0.25) is 0 Å². The van der Waals surface area contributed by atoms with Crippen molar-refractivity contribution >= 4 is 23.7 Å². The predicted molar refractivity (Wildman–Crippen MR) is 120 cm³/mol. The van der Waals surface area contributed by atoms with Crippen LogP contribution in [0.25, 0.3) is 0 Å². The lowest BCUT2D eigenvalue weighted by molar-refractivity contribution is 0.0954. The van der Waals surface area contributed by atoms with Gasteiger partial charge >= 0.3 is 0 Å². The molecule has 0 aliphatic heterocycles. The summed E-state index contributed by atoms with van der Waals surface area (Å²) in [6, 6.07) is 19.2. The lowest BCUT2D eigenvalue weighted by Gasteiger charge is -2.07. The van der Waals surface area contributed by atoms with Gasteiger partial charge in [0.05, 0.1) is 20.4 Å². The van der Waals surface area contributed by atoms with Crippen molar-refractivity contribution in [3.8, 4) is 11.5 Å². The van der Waals surface area contributed by atoms with Crippen LogP contribution in [0.4, 0.5) is 5.69 Å². The standard InChI is InChI=1S/C24H23N3O4/c1-16-4-7-18(8-5-16)23(28)26-20-11-9-19(10-12-20)24(29)27-25-15-17-6-13-21(30-2)22(14-17)31-3/h4-15H,1-3H3,(H,26,28)(H,27,29). The summed E-state index contributed by atoms with van der Waals surface area (Å²) in [7, 11) is 3.11. The van der Waals surface area contributed by atoms with Gasteiger partial charge < -0.3 is 14.8 Å². The molecule has 2 N–H and O–H groups in total. The maximum atomic E-state index is 12.3. The molecule has 0 radical (unpaired) electrons. The minimum Gasteiger partial charge on any atom is -0.493 e. The highest BCUT2D eigenvalue weighted by Crippen LogP contribution is 2.26. The number of ether oxygens (including phenoxy) is 2. The largest absolute Gasteiger partial charge is 0.493 e. The highest BCUT2D eigenvalue weighted by atomic mass is 16.5. The summed E-state index contributed by atoms with van der Waals surface area (Å²) in [6.07, 6.45) is 1.51. The topological polar surface area (TPSA) is 89.0 Å². The van der Waals surface area contributed by atoms with Crippen LogP contribution >= 0.6 is 0 Å². The summed E-state index contributed by atoms with van der Waals surface area (Å²) in [5.41, 5.74) is 5.88. The minimum absolute atomic E-state index is 0.211. The Kier molecular flexibility index (Phi) is 7.01. The third kappa shape index (κ3) is 5.70. The van der Waals surface area contributed by atoms with Crippen LogP contribution in [0.5, 0.6) is 11.5 Å². The van der Waals surface area contributed by atoms with Crippen LogP contribution < -0.4 is 20.2 Å². The highest BCUT2D eigenvalue weighted by molar-refractivity contribution is 6.04. The van der Waals surface area contributed by atoms with Gasteiger partial charge in [0.25, 0.3) is 11.8 Å². The van der Waals surface area contributed by atoms with Crippen molar-refractivity contribution < 1.29 is 19.1 Å². The molecular formula is C24H23N3O4. The molecule has 158 valence electrons. The Hall–Kier alpha value is -4.13. The first-order valence-electron chi connectivity index (χ1n) is 9.53. The average molecular weight is 417 g/mol. The number of carbonyl (C=O) groups excluding carboxylic acids is 2. The van der Waals surface area contributed by atoms with E-state index in [0.717, 1.165) is 11.1 Å². The third-order valence-corrected chi connectivity index (χ3v) is 4.51. The molecule has 3 aromatic carbocycles. The zero-order chi connectivity index (χ0) is 22.2. The van der Waals surface area contributed by atoms with Crippen molar-refractivity contribution in [2.45, 2.75) is 6.92 Å². The number of hydrazone groups is 1. The summed E-state index contributed by atoms with van der Waals surface area (Å²) in [5.74, 6) is 0.601. The monoisotopic (exact) mass is 417 g/mol. The fourth-order valence-electron chi connectivity index (χ4n) is 2.78. The van der Waals surface area contributed by atoms with E-state index in [1.165, 1.54) is 6.21 Å². The van der Waals surface area contributed by atoms with Gasteiger partial charge in [-0.05, 0) is 67.1 Å². The number of anilines is 1. The van der Waals surface area contributed by atoms with Crippen LogP contribution in [0.15, 0.2) is 71.8 Å². The molecule has 0 atom stereocenters. The fraction of sp³-hybridized carbons (Fsp3) is 0.125. The van der Waals surface area contributed by atoms with Gasteiger partial charge in [-0.2, -0.15) is 5.10 Å². The fourth-order valence-corrected chi connectivity index (χ4v) is 2.78. The first-order chi connectivity index (χ1) is 15.0. The summed E-state index contributed by atoms with van der Waals surface area (Å²) in [5, 5.41) is 6.78. The molecule has 0 aromatic heterocycles. The van der Waals surface area contributed by atoms with E-state index in [4.69, 9.17) is 9.47 Å². The van der Waals surface area contributed by atoms with Gasteiger partial charge in [-0.3, -0.25) is 9.59 Å². The number of hydrogen-bond donors (Lipinski definition) is 2. The Bertz CT molecular complexity index is 1090. The Balaban J connectivity index is 1.58. The third-order valence-electron chi connectivity index (χ3n) is 4.51. The van der Waals surface area contributed by atoms with Crippen LogP contribution in [0, 0.1) is 6.92 Å². The SMILES string of the molecule is COc1ccc(C=NNC(=O)c2ccc(NC(=O)c3ccc(C)cc3)cc2)cc1OC. The first kappa shape index (κ1) is 21.6. The molecule has 0 saturated heterocycles. The second-order valence-electron chi connectivity index (χ2n) is 6.71. The maximum Gasteiger partial charge on any atom is 0.271 e. The number of amides is 2. The molecule has 7 heteroatoms. The van der Waals surface area contributed by atoms with E-state index < -0.39 is 0 Å². The summed E-state index contributed by atoms with van der Waals surface area (Å²) in [6.45, 7) is 1.96. The number of rotatable bonds is 7. The smallest absolute Gasteiger partial charge is 0.271 e. The summed E-state index contributed by atoms with van der Waals surface area (Å²) >= 11 is 0. The van der Waals surface area contributed by atoms with Crippen LogP contribution in [0.1, 0.15) is 31.8 Å². The molecular weight excluding hydrogens is 394 g/mol. The molecule has 2 amide bonds. The lowest BCUT2D eigenvalue weighted by Crippen LogP contribution is -2.18. The van der Waals surface area contributed by atoms with E-state index >= 15 is 0 Å². The van der Waals surface area contributed by atoms with Crippen LogP contribution in [0.3, 0.4) is 0 Å². The molecule has 0 spiro atoms. The van der Waals surface area contributed by atoms with Gasteiger partial charge in [0.1, 0.15) is 0 Å². The zero-order valence-electron chi connectivity index (χ0n) is 17.5. The summed E-state index contributed by atoms with van der Waals surface area (Å²) in [4.78, 5) is 24.6. The normalized spacial score (nSPS) is 10.5. The predicted octanol–water partition coefficient (Wildman–Crippen LogP) is 4.03. The van der Waals surface area contributed by atoms with Crippen LogP contribution in [-0.4, -0.2) is 32.2 Å². The maximum absolute atomic E-state index is 12.3. The zero-order valence-corrected chi connectivity index (χ0v) is 17.5. The lowest BCUT2D eigenvalue weighted by atomic mass is 10.1. The number of methoxy groups -OCH3 is 2. The van der Waals surface area contributed by atoms with Crippen molar-refractivity contribution in [1.29, 1.82) is 0 Å². The van der Waals surface area contributed by atoms with Gasteiger partial charge in [-0.1, -0.05) is 17.7 Å². The van der Waals surface area contributed by atoms with E-state index in [1.54, 1.807) is 68.8 Å². The molecule has 0 saturated carbocycles. The number of hydrogen-bond acceptors (Lipinski definition) is 5. The van der Waals surface area contributed by atoms with E-state index in [2.05, 4.69) is 15.8 Å². The molecule has 0 fully saturated rings. The number of carbonyl (C=O) groups is 2. The number of benzene rings is 3. The second-order valence-corrected chi connectivity index (χ2v) is 6.71. The van der Waals surface area contributed by atoms with Crippen LogP contribution in [0.2, 0.25) is 0 Å². The van der Waals surface area contributed by atoms with Crippen molar-refractivity contribution in [1.82, 2.24) is 5.43 Å². The molecule has 0 aliphatic rings. The molecule has 3 aromatic rings. The van der Waals surface area contributed by atoms with Gasteiger partial charge in [-0.15, -0.1) is 0 Å². The van der Waals surface area contributed by atoms with Crippen LogP contribution in [-0.2, 0) is 0 Å². The molecule has 0 unspecified atom stereocenters. The van der Waals surface area contributed by atoms with Crippen molar-refractivity contribution in [2.24, 2.45) is 5.10 Å². The summed E-state index contributed by atoms with van der Waals surface area (Å²) < 4.78 is 10.4. The Labute approximate surface area is 180 Å². The average Bonchev–Trinajstić information content (AvgIpc) is 2.79. The Morgan fingerprint density at radius 3 is 2.06 bits per heavy atom. The number of nitrogens with one attached hydrogen (secondary N) is 2. The van der Waals surface area contributed by atoms with Crippen molar-refractivity contribution in [3.63, 3.8) is 0 Å². The molecule has 0 aliphatic carbocycles.